The van der Waals surface area contributed by atoms with E-state index in [1.165, 1.54) is 36.7 Å². The maximum atomic E-state index is 14.9. The second kappa shape index (κ2) is 12.6. The van der Waals surface area contributed by atoms with Crippen LogP contribution in [0.2, 0.25) is 0 Å². The van der Waals surface area contributed by atoms with Gasteiger partial charge in [0.15, 0.2) is 0 Å². The summed E-state index contributed by atoms with van der Waals surface area (Å²) in [5, 5.41) is 1.02. The Kier molecular flexibility index (Phi) is 9.01. The van der Waals surface area contributed by atoms with Crippen LogP contribution in [0.1, 0.15) is 49.4 Å². The van der Waals surface area contributed by atoms with Gasteiger partial charge in [-0.15, -0.1) is 11.3 Å². The molecule has 0 bridgehead atoms. The van der Waals surface area contributed by atoms with Crippen LogP contribution in [0.15, 0.2) is 66.7 Å². The third-order valence-corrected chi connectivity index (χ3v) is 7.36. The van der Waals surface area contributed by atoms with Crippen LogP contribution in [0.3, 0.4) is 0 Å². The number of unbranched alkanes of at least 4 members (excludes halogenated alkanes) is 4. The molecule has 0 amide bonds. The van der Waals surface area contributed by atoms with Gasteiger partial charge in [0.25, 0.3) is 0 Å². The van der Waals surface area contributed by atoms with Crippen molar-refractivity contribution in [3.05, 3.63) is 78.1 Å². The van der Waals surface area contributed by atoms with E-state index in [1.54, 1.807) is 12.1 Å². The number of anilines is 3. The van der Waals surface area contributed by atoms with Gasteiger partial charge in [0, 0.05) is 29.4 Å². The second-order valence-corrected chi connectivity index (χ2v) is 10.4. The molecule has 0 radical (unpaired) electrons. The van der Waals surface area contributed by atoms with Gasteiger partial charge >= 0.3 is 5.97 Å². The van der Waals surface area contributed by atoms with Gasteiger partial charge in [-0.2, -0.15) is 0 Å². The summed E-state index contributed by atoms with van der Waals surface area (Å²) in [6.07, 6.45) is 5.57. The molecule has 0 saturated heterocycles. The van der Waals surface area contributed by atoms with E-state index in [1.807, 2.05) is 67.5 Å². The predicted octanol–water partition coefficient (Wildman–Crippen LogP) is 8.34. The first-order valence-electron chi connectivity index (χ1n) is 12.7. The first-order valence-corrected chi connectivity index (χ1v) is 13.6. The number of fused-ring (bicyclic) bond motifs is 1. The largest absolute Gasteiger partial charge is 0.462 e. The van der Waals surface area contributed by atoms with Crippen molar-refractivity contribution in [1.82, 2.24) is 0 Å². The monoisotopic (exact) mass is 519 g/mol. The summed E-state index contributed by atoms with van der Waals surface area (Å²) in [6.45, 7) is 2.63. The Hall–Kier alpha value is -3.58. The lowest BCUT2D eigenvalue weighted by Gasteiger charge is -2.14. The summed E-state index contributed by atoms with van der Waals surface area (Å²) >= 11 is 1.53. The molecule has 4 aromatic rings. The predicted molar refractivity (Wildman–Crippen MR) is 154 cm³/mol. The third kappa shape index (κ3) is 7.01. The maximum absolute atomic E-state index is 14.9. The highest BCUT2D eigenvalue weighted by Gasteiger charge is 2.12. The lowest BCUT2D eigenvalue weighted by molar-refractivity contribution is 0.0498. The lowest BCUT2D eigenvalue weighted by Crippen LogP contribution is -2.11. The minimum absolute atomic E-state index is 0.294. The molecule has 5 nitrogen and oxygen atoms in total. The molecule has 0 fully saturated rings. The molecule has 1 aromatic heterocycles. The van der Waals surface area contributed by atoms with Crippen LogP contribution >= 0.6 is 11.3 Å². The molecule has 7 heteroatoms. The molecule has 0 atom stereocenters. The van der Waals surface area contributed by atoms with Gasteiger partial charge in [0.1, 0.15) is 5.82 Å². The van der Waals surface area contributed by atoms with Crippen molar-refractivity contribution in [1.29, 1.82) is 0 Å². The number of ether oxygens (including phenoxy) is 1. The lowest BCUT2D eigenvalue weighted by atomic mass is 10.1. The molecule has 194 valence electrons. The van der Waals surface area contributed by atoms with Crippen LogP contribution in [0, 0.1) is 5.82 Å². The Labute approximate surface area is 222 Å². The first kappa shape index (κ1) is 26.5. The van der Waals surface area contributed by atoms with E-state index in [9.17, 15) is 9.18 Å². The van der Waals surface area contributed by atoms with E-state index in [4.69, 9.17) is 4.74 Å². The number of thiophene rings is 1. The first-order chi connectivity index (χ1) is 17.9. The van der Waals surface area contributed by atoms with E-state index < -0.39 is 0 Å². The number of nitrogens with zero attached hydrogens (tertiary/aromatic N) is 1. The van der Waals surface area contributed by atoms with Gasteiger partial charge in [0.2, 0.25) is 0 Å². The molecule has 2 N–H and O–H groups in total. The summed E-state index contributed by atoms with van der Waals surface area (Å²) < 4.78 is 21.3. The number of hydrazine groups is 1. The zero-order valence-electron chi connectivity index (χ0n) is 21.6. The van der Waals surface area contributed by atoms with Gasteiger partial charge in [-0.25, -0.2) is 9.18 Å². The number of hydrogen-bond donors (Lipinski definition) is 2. The fraction of sp³-hybridized carbons (Fsp3) is 0.300. The highest BCUT2D eigenvalue weighted by Crippen LogP contribution is 2.35. The highest BCUT2D eigenvalue weighted by atomic mass is 32.1. The molecule has 1 heterocycles. The Bertz CT molecular complexity index is 1330. The molecule has 0 aliphatic heterocycles. The topological polar surface area (TPSA) is 53.6 Å². The molecule has 0 saturated carbocycles. The number of esters is 1. The van der Waals surface area contributed by atoms with Crippen LogP contribution in [-0.2, 0) is 4.74 Å². The van der Waals surface area contributed by atoms with Gasteiger partial charge in [0.05, 0.1) is 23.5 Å². The number of hydrogen-bond acceptors (Lipinski definition) is 6. The summed E-state index contributed by atoms with van der Waals surface area (Å²) in [5.74, 6) is -0.645. The number of nitrogens with one attached hydrogen (secondary N) is 2. The van der Waals surface area contributed by atoms with Crippen LogP contribution in [0.5, 0.6) is 0 Å². The van der Waals surface area contributed by atoms with Crippen LogP contribution in [-0.4, -0.2) is 26.7 Å². The van der Waals surface area contributed by atoms with Gasteiger partial charge in [-0.1, -0.05) is 44.7 Å². The zero-order valence-corrected chi connectivity index (χ0v) is 22.5. The number of carbonyl (C=O) groups is 1. The summed E-state index contributed by atoms with van der Waals surface area (Å²) in [6, 6.07) is 20.6. The van der Waals surface area contributed by atoms with Crippen LogP contribution in [0.25, 0.3) is 20.5 Å². The second-order valence-electron chi connectivity index (χ2n) is 9.30. The van der Waals surface area contributed by atoms with E-state index in [0.29, 0.717) is 17.9 Å². The Balaban J connectivity index is 1.38. The standard InChI is InChI=1S/C30H34FN3O2S/c1-4-5-6-7-8-17-36-30(35)23-10-9-22-19-28(37-29(22)20-23)21-11-16-27(26(31)18-21)33-32-24-12-14-25(15-13-24)34(2)3/h9-16,18-20,32-33H,4-8,17H2,1-3H3. The summed E-state index contributed by atoms with van der Waals surface area (Å²) in [7, 11) is 3.97. The van der Waals surface area contributed by atoms with Crippen molar-refractivity contribution < 1.29 is 13.9 Å². The smallest absolute Gasteiger partial charge is 0.338 e. The minimum Gasteiger partial charge on any atom is -0.462 e. The van der Waals surface area contributed by atoms with E-state index in [2.05, 4.69) is 17.8 Å². The normalized spacial score (nSPS) is 10.9. The Morgan fingerprint density at radius 3 is 2.43 bits per heavy atom. The van der Waals surface area contributed by atoms with Crippen molar-refractivity contribution >= 4 is 44.5 Å². The summed E-state index contributed by atoms with van der Waals surface area (Å²) in [5.41, 5.74) is 9.61. The van der Waals surface area contributed by atoms with Gasteiger partial charge in [-0.05, 0) is 72.0 Å². The van der Waals surface area contributed by atoms with Crippen molar-refractivity contribution in [2.75, 3.05) is 36.5 Å². The minimum atomic E-state index is -0.351. The fourth-order valence-electron chi connectivity index (χ4n) is 4.01. The molecule has 4 rings (SSSR count). The highest BCUT2D eigenvalue weighted by molar-refractivity contribution is 7.22. The zero-order chi connectivity index (χ0) is 26.2. The molecule has 0 aliphatic carbocycles. The molecule has 0 unspecified atom stereocenters. The number of halogens is 1. The van der Waals surface area contributed by atoms with E-state index in [0.717, 1.165) is 44.7 Å². The Morgan fingerprint density at radius 1 is 0.919 bits per heavy atom. The molecule has 0 spiro atoms. The third-order valence-electron chi connectivity index (χ3n) is 6.22. The Morgan fingerprint density at radius 2 is 1.70 bits per heavy atom. The molecule has 3 aromatic carbocycles. The summed E-state index contributed by atoms with van der Waals surface area (Å²) in [4.78, 5) is 15.4. The number of rotatable bonds is 12. The maximum Gasteiger partial charge on any atom is 0.338 e. The molecular weight excluding hydrogens is 485 g/mol. The molecule has 0 aliphatic rings. The van der Waals surface area contributed by atoms with Crippen LogP contribution < -0.4 is 15.8 Å². The van der Waals surface area contributed by atoms with Gasteiger partial charge < -0.3 is 15.1 Å². The van der Waals surface area contributed by atoms with Gasteiger partial charge in [-0.3, -0.25) is 5.43 Å². The van der Waals surface area contributed by atoms with Crippen molar-refractivity contribution in [2.24, 2.45) is 0 Å². The van der Waals surface area contributed by atoms with Crippen LogP contribution in [0.4, 0.5) is 21.5 Å². The molecular formula is C30H34FN3O2S. The average molecular weight is 520 g/mol. The SMILES string of the molecule is CCCCCCCOC(=O)c1ccc2cc(-c3ccc(NNc4ccc(N(C)C)cc4)c(F)c3)sc2c1. The fourth-order valence-corrected chi connectivity index (χ4v) is 5.10. The molecule has 37 heavy (non-hydrogen) atoms. The quantitative estimate of drug-likeness (QED) is 0.112. The number of benzene rings is 3. The van der Waals surface area contributed by atoms with Crippen molar-refractivity contribution in [2.45, 2.75) is 39.0 Å². The number of carbonyl (C=O) groups excluding carboxylic acids is 1. The van der Waals surface area contributed by atoms with Crippen molar-refractivity contribution in [3.8, 4) is 10.4 Å². The van der Waals surface area contributed by atoms with E-state index >= 15 is 0 Å². The van der Waals surface area contributed by atoms with Crippen molar-refractivity contribution in [3.63, 3.8) is 0 Å². The average Bonchev–Trinajstić information content (AvgIpc) is 3.33. The van der Waals surface area contributed by atoms with E-state index in [-0.39, 0.29) is 11.8 Å².